The Balaban J connectivity index is 1.75. The zero-order valence-corrected chi connectivity index (χ0v) is 19.3. The number of H-pyrrole nitrogens is 1. The minimum atomic E-state index is -0.957. The van der Waals surface area contributed by atoms with Crippen LogP contribution in [0.1, 0.15) is 39.8 Å². The minimum absolute atomic E-state index is 0.282. The monoisotopic (exact) mass is 457 g/mol. The number of carbonyl (C=O) groups is 2. The van der Waals surface area contributed by atoms with Gasteiger partial charge in [-0.25, -0.2) is 9.78 Å². The van der Waals surface area contributed by atoms with Crippen molar-refractivity contribution < 1.29 is 14.7 Å². The summed E-state index contributed by atoms with van der Waals surface area (Å²) in [5, 5.41) is 15.2. The van der Waals surface area contributed by atoms with Gasteiger partial charge in [-0.05, 0) is 50.1 Å². The Bertz CT molecular complexity index is 1370. The molecule has 1 amide bonds. The summed E-state index contributed by atoms with van der Waals surface area (Å²) in [7, 11) is 0. The van der Waals surface area contributed by atoms with Gasteiger partial charge in [-0.15, -0.1) is 11.3 Å². The van der Waals surface area contributed by atoms with Crippen LogP contribution in [0.15, 0.2) is 53.9 Å². The molecule has 33 heavy (non-hydrogen) atoms. The number of aromatic nitrogens is 2. The van der Waals surface area contributed by atoms with Gasteiger partial charge in [0.05, 0.1) is 11.3 Å². The lowest BCUT2D eigenvalue weighted by molar-refractivity contribution is -0.105. The predicted molar refractivity (Wildman–Crippen MR) is 133 cm³/mol. The van der Waals surface area contributed by atoms with Crippen molar-refractivity contribution in [2.24, 2.45) is 0 Å². The maximum atomic E-state index is 11.6. The summed E-state index contributed by atoms with van der Waals surface area (Å²) in [5.41, 5.74) is 7.51. The molecule has 0 aliphatic rings. The number of aromatic amines is 1. The lowest BCUT2D eigenvalue weighted by Gasteiger charge is -2.11. The van der Waals surface area contributed by atoms with Gasteiger partial charge in [-0.2, -0.15) is 0 Å². The zero-order chi connectivity index (χ0) is 23.5. The quantitative estimate of drug-likeness (QED) is 0.286. The van der Waals surface area contributed by atoms with E-state index in [0.29, 0.717) is 23.4 Å². The number of amides is 1. The smallest absolute Gasteiger partial charge is 0.337 e. The Labute approximate surface area is 195 Å². The van der Waals surface area contributed by atoms with E-state index in [4.69, 9.17) is 4.98 Å². The number of thiazole rings is 1. The highest BCUT2D eigenvalue weighted by Gasteiger charge is 2.17. The molecular formula is C26H23N3O3S. The topological polar surface area (TPSA) is 95.1 Å². The molecule has 0 fully saturated rings. The number of carbonyl (C=O) groups excluding carboxylic acids is 1. The third-order valence-electron chi connectivity index (χ3n) is 5.53. The second-order valence-electron chi connectivity index (χ2n) is 7.72. The fourth-order valence-electron chi connectivity index (χ4n) is 3.87. The molecule has 7 heteroatoms. The summed E-state index contributed by atoms with van der Waals surface area (Å²) < 4.78 is 0. The van der Waals surface area contributed by atoms with E-state index < -0.39 is 5.97 Å². The van der Waals surface area contributed by atoms with Crippen molar-refractivity contribution in [3.8, 4) is 21.8 Å². The standard InChI is InChI=1S/C26H23N3O3S/c1-15(11-22-16(2)24(26(31)32)17(3)28-22)20-12-19(9-10-21(20)27-14-30)23-13-33-25(29-23)18-7-5-4-6-8-18/h4-14,28H,1-3H3,(H,27,30)(H,31,32)/b15-11+. The molecule has 0 aliphatic carbocycles. The van der Waals surface area contributed by atoms with Gasteiger partial charge in [-0.1, -0.05) is 36.4 Å². The summed E-state index contributed by atoms with van der Waals surface area (Å²) in [6, 6.07) is 15.8. The summed E-state index contributed by atoms with van der Waals surface area (Å²) in [5.74, 6) is -0.957. The van der Waals surface area contributed by atoms with Crippen molar-refractivity contribution in [1.82, 2.24) is 9.97 Å². The van der Waals surface area contributed by atoms with Crippen molar-refractivity contribution in [3.05, 3.63) is 82.0 Å². The Hall–Kier alpha value is -3.97. The van der Waals surface area contributed by atoms with Crippen molar-refractivity contribution in [3.63, 3.8) is 0 Å². The van der Waals surface area contributed by atoms with Gasteiger partial charge >= 0.3 is 5.97 Å². The first-order valence-electron chi connectivity index (χ1n) is 10.4. The lowest BCUT2D eigenvalue weighted by Crippen LogP contribution is -1.99. The lowest BCUT2D eigenvalue weighted by atomic mass is 9.99. The maximum Gasteiger partial charge on any atom is 0.337 e. The summed E-state index contributed by atoms with van der Waals surface area (Å²) in [4.78, 5) is 30.7. The number of aryl methyl sites for hydroxylation is 1. The molecule has 4 aromatic rings. The van der Waals surface area contributed by atoms with Gasteiger partial charge < -0.3 is 15.4 Å². The second kappa shape index (κ2) is 9.26. The SMILES string of the molecule is C/C(=C\c1[nH]c(C)c(C(=O)O)c1C)c1cc(-c2csc(-c3ccccc3)n2)ccc1NC=O. The second-order valence-corrected chi connectivity index (χ2v) is 8.58. The number of hydrogen-bond donors (Lipinski definition) is 3. The van der Waals surface area contributed by atoms with E-state index in [1.54, 1.807) is 25.2 Å². The third-order valence-corrected chi connectivity index (χ3v) is 6.42. The molecule has 2 aromatic carbocycles. The van der Waals surface area contributed by atoms with Gasteiger partial charge in [0, 0.05) is 39.1 Å². The van der Waals surface area contributed by atoms with Gasteiger partial charge in [0.15, 0.2) is 0 Å². The first-order chi connectivity index (χ1) is 15.9. The summed E-state index contributed by atoms with van der Waals surface area (Å²) in [6.45, 7) is 5.46. The first-order valence-corrected chi connectivity index (χ1v) is 11.2. The highest BCUT2D eigenvalue weighted by molar-refractivity contribution is 7.13. The molecule has 0 unspecified atom stereocenters. The van der Waals surface area contributed by atoms with Crippen LogP contribution in [0.25, 0.3) is 33.5 Å². The van der Waals surface area contributed by atoms with Crippen LogP contribution in [0.4, 0.5) is 5.69 Å². The summed E-state index contributed by atoms with van der Waals surface area (Å²) >= 11 is 1.58. The van der Waals surface area contributed by atoms with Crippen molar-refractivity contribution in [2.45, 2.75) is 20.8 Å². The summed E-state index contributed by atoms with van der Waals surface area (Å²) in [6.07, 6.45) is 2.55. The van der Waals surface area contributed by atoms with Gasteiger partial charge in [0.1, 0.15) is 5.01 Å². The molecule has 0 bridgehead atoms. The molecule has 0 atom stereocenters. The molecule has 2 heterocycles. The number of nitrogens with zero attached hydrogens (tertiary/aromatic N) is 1. The van der Waals surface area contributed by atoms with Crippen LogP contribution in [-0.4, -0.2) is 27.5 Å². The van der Waals surface area contributed by atoms with Crippen LogP contribution in [0.3, 0.4) is 0 Å². The third kappa shape index (κ3) is 4.49. The van der Waals surface area contributed by atoms with Crippen LogP contribution in [0.2, 0.25) is 0 Å². The van der Waals surface area contributed by atoms with Gasteiger partial charge in [0.25, 0.3) is 0 Å². The minimum Gasteiger partial charge on any atom is -0.478 e. The number of nitrogens with one attached hydrogen (secondary N) is 2. The Morgan fingerprint density at radius 2 is 1.88 bits per heavy atom. The predicted octanol–water partition coefficient (Wildman–Crippen LogP) is 6.25. The maximum absolute atomic E-state index is 11.6. The normalized spacial score (nSPS) is 11.4. The average Bonchev–Trinajstić information content (AvgIpc) is 3.39. The molecule has 4 rings (SSSR count). The Morgan fingerprint density at radius 1 is 1.12 bits per heavy atom. The van der Waals surface area contributed by atoms with Crippen molar-refractivity contribution in [2.75, 3.05) is 5.32 Å². The molecule has 166 valence electrons. The fraction of sp³-hybridized carbons (Fsp3) is 0.115. The van der Waals surface area contributed by atoms with E-state index in [0.717, 1.165) is 38.7 Å². The molecule has 0 saturated carbocycles. The van der Waals surface area contributed by atoms with Gasteiger partial charge in [0.2, 0.25) is 6.41 Å². The number of aromatic carboxylic acids is 1. The molecule has 0 spiro atoms. The van der Waals surface area contributed by atoms with E-state index in [1.807, 2.05) is 66.9 Å². The number of benzene rings is 2. The van der Waals surface area contributed by atoms with Crippen LogP contribution >= 0.6 is 11.3 Å². The Kier molecular flexibility index (Phi) is 6.24. The van der Waals surface area contributed by atoms with E-state index in [-0.39, 0.29) is 5.56 Å². The molecule has 0 aliphatic heterocycles. The highest BCUT2D eigenvalue weighted by atomic mass is 32.1. The van der Waals surface area contributed by atoms with Crippen LogP contribution in [0.5, 0.6) is 0 Å². The number of allylic oxidation sites excluding steroid dienone is 1. The zero-order valence-electron chi connectivity index (χ0n) is 18.5. The largest absolute Gasteiger partial charge is 0.478 e. The number of carboxylic acid groups (broad SMARTS) is 1. The number of anilines is 1. The highest BCUT2D eigenvalue weighted by Crippen LogP contribution is 2.34. The average molecular weight is 458 g/mol. The van der Waals surface area contributed by atoms with Crippen LogP contribution in [-0.2, 0) is 4.79 Å². The molecule has 0 radical (unpaired) electrons. The number of rotatable bonds is 7. The fourth-order valence-corrected chi connectivity index (χ4v) is 4.71. The van der Waals surface area contributed by atoms with Gasteiger partial charge in [-0.3, -0.25) is 4.79 Å². The van der Waals surface area contributed by atoms with E-state index in [1.165, 1.54) is 0 Å². The van der Waals surface area contributed by atoms with E-state index in [2.05, 4.69) is 10.3 Å². The Morgan fingerprint density at radius 3 is 2.55 bits per heavy atom. The number of carboxylic acids is 1. The molecule has 3 N–H and O–H groups in total. The molecule has 2 aromatic heterocycles. The molecule has 0 saturated heterocycles. The first kappa shape index (κ1) is 22.2. The molecular weight excluding hydrogens is 434 g/mol. The van der Waals surface area contributed by atoms with E-state index >= 15 is 0 Å². The van der Waals surface area contributed by atoms with Crippen molar-refractivity contribution >= 4 is 41.1 Å². The van der Waals surface area contributed by atoms with Crippen LogP contribution < -0.4 is 5.32 Å². The molecule has 6 nitrogen and oxygen atoms in total. The van der Waals surface area contributed by atoms with Crippen LogP contribution in [0, 0.1) is 13.8 Å². The van der Waals surface area contributed by atoms with E-state index in [9.17, 15) is 14.7 Å². The number of hydrogen-bond acceptors (Lipinski definition) is 4. The van der Waals surface area contributed by atoms with Crippen molar-refractivity contribution in [1.29, 1.82) is 0 Å².